The van der Waals surface area contributed by atoms with Crippen molar-refractivity contribution in [3.63, 3.8) is 0 Å². The largest absolute Gasteiger partial charge is 0.346 e. The Morgan fingerprint density at radius 2 is 1.84 bits per heavy atom. The Morgan fingerprint density at radius 3 is 2.56 bits per heavy atom. The molecule has 1 amide bonds. The van der Waals surface area contributed by atoms with Crippen LogP contribution in [0.25, 0.3) is 10.8 Å². The molecule has 1 aromatic heterocycles. The summed E-state index contributed by atoms with van der Waals surface area (Å²) >= 11 is 5.82. The van der Waals surface area contributed by atoms with E-state index >= 15 is 0 Å². The van der Waals surface area contributed by atoms with Crippen LogP contribution in [0.2, 0.25) is 5.02 Å². The Hall–Kier alpha value is -3.30. The Morgan fingerprint density at radius 1 is 1.12 bits per heavy atom. The second-order valence-corrected chi connectivity index (χ2v) is 8.08. The molecule has 1 fully saturated rings. The molecule has 0 saturated carbocycles. The minimum Gasteiger partial charge on any atom is -0.346 e. The van der Waals surface area contributed by atoms with Crippen LogP contribution in [0.3, 0.4) is 0 Å². The van der Waals surface area contributed by atoms with Crippen LogP contribution in [-0.2, 0) is 13.1 Å². The molecule has 0 spiro atoms. The van der Waals surface area contributed by atoms with Crippen molar-refractivity contribution in [3.05, 3.63) is 79.2 Å². The van der Waals surface area contributed by atoms with Gasteiger partial charge in [-0.25, -0.2) is 4.68 Å². The zero-order valence-electron chi connectivity index (χ0n) is 17.3. The number of amides is 1. The van der Waals surface area contributed by atoms with Gasteiger partial charge in [0.25, 0.3) is 17.2 Å². The molecule has 32 heavy (non-hydrogen) atoms. The number of carbonyl (C=O) groups excluding carboxylic acids is 1. The van der Waals surface area contributed by atoms with Crippen molar-refractivity contribution in [1.29, 1.82) is 0 Å². The first-order valence-electron chi connectivity index (χ1n) is 10.4. The Balaban J connectivity index is 1.57. The van der Waals surface area contributed by atoms with Crippen LogP contribution in [0.5, 0.6) is 0 Å². The minimum atomic E-state index is -0.634. The van der Waals surface area contributed by atoms with Crippen LogP contribution < -0.4 is 10.9 Å². The van der Waals surface area contributed by atoms with Crippen LogP contribution in [0.15, 0.2) is 47.3 Å². The normalized spacial score (nSPS) is 14.0. The minimum absolute atomic E-state index is 0.0377. The fraction of sp³-hybridized carbons (Fsp3) is 0.318. The van der Waals surface area contributed by atoms with Crippen LogP contribution in [0, 0.1) is 10.1 Å². The molecular formula is C22H22ClN5O4. The van der Waals surface area contributed by atoms with Crippen molar-refractivity contribution < 1.29 is 9.72 Å². The van der Waals surface area contributed by atoms with E-state index in [0.29, 0.717) is 23.0 Å². The number of nitrogens with zero attached hydrogens (tertiary/aromatic N) is 4. The molecule has 4 rings (SSSR count). The summed E-state index contributed by atoms with van der Waals surface area (Å²) in [6.45, 7) is 3.33. The number of hydrogen-bond donors (Lipinski definition) is 1. The van der Waals surface area contributed by atoms with Crippen molar-refractivity contribution in [1.82, 2.24) is 20.0 Å². The summed E-state index contributed by atoms with van der Waals surface area (Å²) in [5.41, 5.74) is 0.174. The molecular weight excluding hydrogens is 434 g/mol. The van der Waals surface area contributed by atoms with E-state index in [1.54, 1.807) is 18.2 Å². The maximum absolute atomic E-state index is 12.9. The third kappa shape index (κ3) is 4.63. The molecule has 1 aliphatic rings. The molecule has 2 aromatic carbocycles. The number of nitro groups is 1. The van der Waals surface area contributed by atoms with E-state index in [0.717, 1.165) is 25.7 Å². The van der Waals surface area contributed by atoms with Gasteiger partial charge in [-0.3, -0.25) is 19.7 Å². The lowest BCUT2D eigenvalue weighted by Crippen LogP contribution is -2.32. The number of benzene rings is 2. The zero-order valence-corrected chi connectivity index (χ0v) is 18.0. The van der Waals surface area contributed by atoms with Crippen LogP contribution >= 0.6 is 11.6 Å². The number of fused-ring (bicyclic) bond motifs is 1. The van der Waals surface area contributed by atoms with Gasteiger partial charge in [0.2, 0.25) is 0 Å². The first-order valence-corrected chi connectivity index (χ1v) is 10.7. The lowest BCUT2D eigenvalue weighted by atomic mass is 10.1. The highest BCUT2D eigenvalue weighted by atomic mass is 35.5. The summed E-state index contributed by atoms with van der Waals surface area (Å²) in [6, 6.07) is 11.0. The van der Waals surface area contributed by atoms with E-state index in [-0.39, 0.29) is 28.4 Å². The average molecular weight is 456 g/mol. The number of rotatable bonds is 7. The lowest BCUT2D eigenvalue weighted by molar-refractivity contribution is -0.384. The van der Waals surface area contributed by atoms with Gasteiger partial charge < -0.3 is 10.2 Å². The van der Waals surface area contributed by atoms with Crippen molar-refractivity contribution in [3.8, 4) is 0 Å². The van der Waals surface area contributed by atoms with E-state index in [2.05, 4.69) is 15.3 Å². The van der Waals surface area contributed by atoms with Gasteiger partial charge in [-0.15, -0.1) is 0 Å². The first-order chi connectivity index (χ1) is 15.4. The van der Waals surface area contributed by atoms with Crippen LogP contribution in [0.1, 0.15) is 28.9 Å². The molecule has 0 bridgehead atoms. The highest BCUT2D eigenvalue weighted by Crippen LogP contribution is 2.25. The van der Waals surface area contributed by atoms with Crippen molar-refractivity contribution in [2.75, 3.05) is 19.6 Å². The second-order valence-electron chi connectivity index (χ2n) is 7.68. The second kappa shape index (κ2) is 9.46. The molecule has 9 nitrogen and oxygen atoms in total. The summed E-state index contributed by atoms with van der Waals surface area (Å²) < 4.78 is 1.45. The smallest absolute Gasteiger partial charge is 0.288 e. The molecule has 1 saturated heterocycles. The third-order valence-corrected chi connectivity index (χ3v) is 5.91. The predicted molar refractivity (Wildman–Crippen MR) is 121 cm³/mol. The molecule has 1 aliphatic heterocycles. The molecule has 0 aliphatic carbocycles. The number of hydrogen-bond acceptors (Lipinski definition) is 6. The van der Waals surface area contributed by atoms with Crippen molar-refractivity contribution >= 4 is 34.0 Å². The molecule has 0 atom stereocenters. The Kier molecular flexibility index (Phi) is 6.48. The molecule has 0 radical (unpaired) electrons. The van der Waals surface area contributed by atoms with E-state index in [9.17, 15) is 19.7 Å². The molecule has 1 N–H and O–H groups in total. The molecule has 2 heterocycles. The van der Waals surface area contributed by atoms with Gasteiger partial charge in [-0.2, -0.15) is 5.10 Å². The Labute approximate surface area is 188 Å². The highest BCUT2D eigenvalue weighted by Gasteiger charge is 2.18. The van der Waals surface area contributed by atoms with Gasteiger partial charge in [0.1, 0.15) is 5.02 Å². The Bertz CT molecular complexity index is 1240. The van der Waals surface area contributed by atoms with Gasteiger partial charge in [0.05, 0.1) is 29.1 Å². The maximum Gasteiger partial charge on any atom is 0.288 e. The van der Waals surface area contributed by atoms with E-state index in [4.69, 9.17) is 11.6 Å². The van der Waals surface area contributed by atoms with Gasteiger partial charge in [0, 0.05) is 23.6 Å². The van der Waals surface area contributed by atoms with E-state index in [1.807, 2.05) is 6.07 Å². The quantitative estimate of drug-likeness (QED) is 0.433. The van der Waals surface area contributed by atoms with Gasteiger partial charge >= 0.3 is 0 Å². The highest BCUT2D eigenvalue weighted by molar-refractivity contribution is 6.32. The molecule has 10 heteroatoms. The summed E-state index contributed by atoms with van der Waals surface area (Å²) in [4.78, 5) is 38.3. The molecule has 0 unspecified atom stereocenters. The number of nitro benzene ring substituents is 1. The molecule has 3 aromatic rings. The number of halogens is 1. The molecule has 166 valence electrons. The van der Waals surface area contributed by atoms with Crippen molar-refractivity contribution in [2.24, 2.45) is 0 Å². The summed E-state index contributed by atoms with van der Waals surface area (Å²) in [5, 5.41) is 19.5. The monoisotopic (exact) mass is 455 g/mol. The zero-order chi connectivity index (χ0) is 22.7. The number of nitrogens with one attached hydrogen (secondary N) is 1. The van der Waals surface area contributed by atoms with Crippen molar-refractivity contribution in [2.45, 2.75) is 25.9 Å². The number of carbonyl (C=O) groups is 1. The first kappa shape index (κ1) is 21.9. The summed E-state index contributed by atoms with van der Waals surface area (Å²) in [5.74, 6) is -0.495. The fourth-order valence-corrected chi connectivity index (χ4v) is 4.08. The standard InChI is InChI=1S/C22H22ClN5O4/c23-18-8-7-15(13-20(18)28(31)32)21(29)24-14-19-16-5-1-2-6-17(16)22(30)27(25-19)12-11-26-9-3-4-10-26/h1-2,5-8,13H,3-4,9-12,14H2,(H,24,29). The van der Waals surface area contributed by atoms with E-state index in [1.165, 1.54) is 29.7 Å². The summed E-state index contributed by atoms with van der Waals surface area (Å²) in [7, 11) is 0. The van der Waals surface area contributed by atoms with Gasteiger partial charge in [-0.1, -0.05) is 29.8 Å². The summed E-state index contributed by atoms with van der Waals surface area (Å²) in [6.07, 6.45) is 2.33. The predicted octanol–water partition coefficient (Wildman–Crippen LogP) is 2.98. The lowest BCUT2D eigenvalue weighted by Gasteiger charge is -2.16. The van der Waals surface area contributed by atoms with Gasteiger partial charge in [0.15, 0.2) is 0 Å². The average Bonchev–Trinajstić information content (AvgIpc) is 3.31. The fourth-order valence-electron chi connectivity index (χ4n) is 3.89. The third-order valence-electron chi connectivity index (χ3n) is 5.59. The van der Waals surface area contributed by atoms with Gasteiger partial charge in [-0.05, 0) is 44.1 Å². The number of aromatic nitrogens is 2. The SMILES string of the molecule is O=C(NCc1nn(CCN2CCCC2)c(=O)c2ccccc12)c1ccc(Cl)c([N+](=O)[O-])c1. The van der Waals surface area contributed by atoms with E-state index < -0.39 is 10.8 Å². The van der Waals surface area contributed by atoms with Crippen LogP contribution in [0.4, 0.5) is 5.69 Å². The number of likely N-dealkylation sites (tertiary alicyclic amines) is 1. The maximum atomic E-state index is 12.9. The topological polar surface area (TPSA) is 110 Å². The van der Waals surface area contributed by atoms with Crippen LogP contribution in [-0.4, -0.2) is 45.1 Å².